The average Bonchev–Trinajstić information content (AvgIpc) is 2.26. The van der Waals surface area contributed by atoms with E-state index in [-0.39, 0.29) is 0 Å². The van der Waals surface area contributed by atoms with Gasteiger partial charge in [-0.2, -0.15) is 0 Å². The summed E-state index contributed by atoms with van der Waals surface area (Å²) in [6.07, 6.45) is 4.47. The highest BCUT2D eigenvalue weighted by Gasteiger charge is 2.12. The topological polar surface area (TPSA) is 24.9 Å². The van der Waals surface area contributed by atoms with Crippen LogP contribution in [0.2, 0.25) is 0 Å². The molecule has 18 heavy (non-hydrogen) atoms. The van der Waals surface area contributed by atoms with Gasteiger partial charge in [0.05, 0.1) is 0 Å². The van der Waals surface area contributed by atoms with E-state index in [0.717, 1.165) is 24.1 Å². The Morgan fingerprint density at radius 2 is 1.67 bits per heavy atom. The fraction of sp³-hybridized carbons (Fsp3) is 0.688. The second-order valence-electron chi connectivity index (χ2n) is 6.14. The van der Waals surface area contributed by atoms with Crippen molar-refractivity contribution in [2.45, 2.75) is 60.0 Å². The zero-order chi connectivity index (χ0) is 13.5. The molecule has 0 unspecified atom stereocenters. The maximum Gasteiger partial charge on any atom is 0.0372 e. The van der Waals surface area contributed by atoms with Gasteiger partial charge in [-0.25, -0.2) is 0 Å². The first-order valence-electron chi connectivity index (χ1n) is 7.12. The Bertz CT molecular complexity index is 317. The number of aryl methyl sites for hydroxylation is 1. The monoisotopic (exact) mass is 248 g/mol. The zero-order valence-corrected chi connectivity index (χ0v) is 12.5. The molecule has 0 aliphatic rings. The van der Waals surface area contributed by atoms with Crippen LogP contribution < -0.4 is 5.32 Å². The summed E-state index contributed by atoms with van der Waals surface area (Å²) in [5.41, 5.74) is 2.36. The standard InChI is InChI=1S/C16H28N2/c1-12(2)8-16(9-13(3)4)18-11-15-7-6-14(5)17-10-15/h6-7,10,12-13,16,18H,8-9,11H2,1-5H3. The summed E-state index contributed by atoms with van der Waals surface area (Å²) < 4.78 is 0. The van der Waals surface area contributed by atoms with Gasteiger partial charge in [-0.1, -0.05) is 33.8 Å². The lowest BCUT2D eigenvalue weighted by Crippen LogP contribution is -2.31. The van der Waals surface area contributed by atoms with E-state index in [0.29, 0.717) is 6.04 Å². The molecule has 0 radical (unpaired) electrons. The van der Waals surface area contributed by atoms with Crippen LogP contribution in [0.4, 0.5) is 0 Å². The Morgan fingerprint density at radius 3 is 2.11 bits per heavy atom. The minimum atomic E-state index is 0.617. The van der Waals surface area contributed by atoms with Crippen LogP contribution in [0, 0.1) is 18.8 Å². The number of hydrogen-bond donors (Lipinski definition) is 1. The molecule has 1 rings (SSSR count). The number of nitrogens with one attached hydrogen (secondary N) is 1. The molecular weight excluding hydrogens is 220 g/mol. The number of nitrogens with zero attached hydrogens (tertiary/aromatic N) is 1. The van der Waals surface area contributed by atoms with Gasteiger partial charge in [0, 0.05) is 24.5 Å². The molecule has 0 saturated heterocycles. The lowest BCUT2D eigenvalue weighted by Gasteiger charge is -2.22. The summed E-state index contributed by atoms with van der Waals surface area (Å²) in [5.74, 6) is 1.50. The highest BCUT2D eigenvalue weighted by molar-refractivity contribution is 5.12. The number of aromatic nitrogens is 1. The molecule has 0 amide bonds. The average molecular weight is 248 g/mol. The second kappa shape index (κ2) is 7.52. The van der Waals surface area contributed by atoms with Crippen LogP contribution in [0.1, 0.15) is 51.8 Å². The predicted octanol–water partition coefficient (Wildman–Crippen LogP) is 3.94. The third-order valence-corrected chi connectivity index (χ3v) is 3.08. The molecule has 2 nitrogen and oxygen atoms in total. The van der Waals surface area contributed by atoms with Gasteiger partial charge < -0.3 is 5.32 Å². The van der Waals surface area contributed by atoms with E-state index >= 15 is 0 Å². The maximum absolute atomic E-state index is 4.34. The molecule has 102 valence electrons. The van der Waals surface area contributed by atoms with Gasteiger partial charge >= 0.3 is 0 Å². The van der Waals surface area contributed by atoms with Gasteiger partial charge in [0.1, 0.15) is 0 Å². The Morgan fingerprint density at radius 1 is 1.06 bits per heavy atom. The summed E-state index contributed by atoms with van der Waals surface area (Å²) in [4.78, 5) is 4.34. The molecule has 1 aromatic heterocycles. The van der Waals surface area contributed by atoms with Gasteiger partial charge in [0.25, 0.3) is 0 Å². The smallest absolute Gasteiger partial charge is 0.0372 e. The normalized spacial score (nSPS) is 11.8. The molecule has 1 N–H and O–H groups in total. The Hall–Kier alpha value is -0.890. The van der Waals surface area contributed by atoms with Crippen LogP contribution in [-0.4, -0.2) is 11.0 Å². The van der Waals surface area contributed by atoms with Crippen molar-refractivity contribution in [3.8, 4) is 0 Å². The maximum atomic E-state index is 4.34. The van der Waals surface area contributed by atoms with Crippen LogP contribution in [0.25, 0.3) is 0 Å². The fourth-order valence-electron chi connectivity index (χ4n) is 2.27. The lowest BCUT2D eigenvalue weighted by molar-refractivity contribution is 0.358. The summed E-state index contributed by atoms with van der Waals surface area (Å²) in [6.45, 7) is 12.1. The molecule has 0 fully saturated rings. The van der Waals surface area contributed by atoms with Crippen molar-refractivity contribution in [1.29, 1.82) is 0 Å². The van der Waals surface area contributed by atoms with Gasteiger partial charge in [0.2, 0.25) is 0 Å². The van der Waals surface area contributed by atoms with Crippen LogP contribution in [0.5, 0.6) is 0 Å². The minimum Gasteiger partial charge on any atom is -0.310 e. The molecule has 0 bridgehead atoms. The highest BCUT2D eigenvalue weighted by atomic mass is 14.9. The lowest BCUT2D eigenvalue weighted by atomic mass is 9.95. The first kappa shape index (κ1) is 15.2. The molecule has 2 heteroatoms. The summed E-state index contributed by atoms with van der Waals surface area (Å²) in [7, 11) is 0. The van der Waals surface area contributed by atoms with Crippen molar-refractivity contribution >= 4 is 0 Å². The molecular formula is C16H28N2. The molecule has 1 heterocycles. The van der Waals surface area contributed by atoms with Crippen molar-refractivity contribution in [3.05, 3.63) is 29.6 Å². The molecule has 0 atom stereocenters. The van der Waals surface area contributed by atoms with E-state index in [1.165, 1.54) is 18.4 Å². The molecule has 0 spiro atoms. The minimum absolute atomic E-state index is 0.617. The zero-order valence-electron chi connectivity index (χ0n) is 12.5. The fourth-order valence-corrected chi connectivity index (χ4v) is 2.27. The van der Waals surface area contributed by atoms with E-state index in [9.17, 15) is 0 Å². The number of rotatable bonds is 7. The van der Waals surface area contributed by atoms with Crippen molar-refractivity contribution in [2.24, 2.45) is 11.8 Å². The van der Waals surface area contributed by atoms with E-state index < -0.39 is 0 Å². The molecule has 0 aliphatic heterocycles. The van der Waals surface area contributed by atoms with E-state index in [1.807, 2.05) is 13.1 Å². The SMILES string of the molecule is Cc1ccc(CNC(CC(C)C)CC(C)C)cn1. The Kier molecular flexibility index (Phi) is 6.34. The van der Waals surface area contributed by atoms with Crippen LogP contribution >= 0.6 is 0 Å². The van der Waals surface area contributed by atoms with E-state index in [2.05, 4.69) is 50.1 Å². The number of pyridine rings is 1. The third kappa shape index (κ3) is 6.15. The van der Waals surface area contributed by atoms with Crippen molar-refractivity contribution in [2.75, 3.05) is 0 Å². The summed E-state index contributed by atoms with van der Waals surface area (Å²) in [5, 5.41) is 3.68. The van der Waals surface area contributed by atoms with E-state index in [1.54, 1.807) is 0 Å². The highest BCUT2D eigenvalue weighted by Crippen LogP contribution is 2.14. The van der Waals surface area contributed by atoms with Gasteiger partial charge in [-0.15, -0.1) is 0 Å². The van der Waals surface area contributed by atoms with Gasteiger partial charge in [-0.05, 0) is 43.2 Å². The third-order valence-electron chi connectivity index (χ3n) is 3.08. The number of hydrogen-bond acceptors (Lipinski definition) is 2. The first-order valence-corrected chi connectivity index (χ1v) is 7.12. The molecule has 0 aromatic carbocycles. The van der Waals surface area contributed by atoms with Crippen LogP contribution in [0.3, 0.4) is 0 Å². The van der Waals surface area contributed by atoms with Gasteiger partial charge in [-0.3, -0.25) is 4.98 Å². The molecule has 0 aliphatic carbocycles. The van der Waals surface area contributed by atoms with Crippen LogP contribution in [-0.2, 0) is 6.54 Å². The quantitative estimate of drug-likeness (QED) is 0.790. The van der Waals surface area contributed by atoms with Crippen LogP contribution in [0.15, 0.2) is 18.3 Å². The first-order chi connectivity index (χ1) is 8.47. The Labute approximate surface area is 112 Å². The van der Waals surface area contributed by atoms with Crippen molar-refractivity contribution < 1.29 is 0 Å². The Balaban J connectivity index is 2.47. The summed E-state index contributed by atoms with van der Waals surface area (Å²) in [6, 6.07) is 4.86. The van der Waals surface area contributed by atoms with Crippen molar-refractivity contribution in [3.63, 3.8) is 0 Å². The van der Waals surface area contributed by atoms with Crippen molar-refractivity contribution in [1.82, 2.24) is 10.3 Å². The molecule has 1 aromatic rings. The van der Waals surface area contributed by atoms with E-state index in [4.69, 9.17) is 0 Å². The molecule has 0 saturated carbocycles. The second-order valence-corrected chi connectivity index (χ2v) is 6.14. The summed E-state index contributed by atoms with van der Waals surface area (Å²) >= 11 is 0. The predicted molar refractivity (Wildman–Crippen MR) is 78.5 cm³/mol. The van der Waals surface area contributed by atoms with Gasteiger partial charge in [0.15, 0.2) is 0 Å². The largest absolute Gasteiger partial charge is 0.310 e.